The Kier molecular flexibility index (Phi) is 7.04. The van der Waals surface area contributed by atoms with Crippen molar-refractivity contribution in [1.82, 2.24) is 5.32 Å². The topological polar surface area (TPSA) is 64.6 Å². The summed E-state index contributed by atoms with van der Waals surface area (Å²) in [6.45, 7) is 5.95. The summed E-state index contributed by atoms with van der Waals surface area (Å²) in [6.07, 6.45) is 0. The summed E-state index contributed by atoms with van der Waals surface area (Å²) >= 11 is 5.83. The van der Waals surface area contributed by atoms with Crippen LogP contribution < -0.4 is 14.8 Å². The highest BCUT2D eigenvalue weighted by Gasteiger charge is 2.27. The molecule has 0 heterocycles. The van der Waals surface area contributed by atoms with Crippen LogP contribution in [0.1, 0.15) is 31.1 Å². The van der Waals surface area contributed by atoms with E-state index in [0.29, 0.717) is 28.7 Å². The molecular weight excluding hydrogens is 354 g/mol. The van der Waals surface area contributed by atoms with Crippen LogP contribution in [0, 0.1) is 5.92 Å². The molecule has 1 amide bonds. The zero-order valence-electron chi connectivity index (χ0n) is 15.0. The lowest BCUT2D eigenvalue weighted by atomic mass is 10.0. The minimum Gasteiger partial charge on any atom is -0.493 e. The van der Waals surface area contributed by atoms with E-state index < -0.39 is 12.0 Å². The van der Waals surface area contributed by atoms with Crippen molar-refractivity contribution in [3.8, 4) is 11.5 Å². The molecule has 2 rings (SSSR count). The summed E-state index contributed by atoms with van der Waals surface area (Å²) in [5.74, 6) is -0.238. The predicted molar refractivity (Wildman–Crippen MR) is 101 cm³/mol. The summed E-state index contributed by atoms with van der Waals surface area (Å²) in [4.78, 5) is 25.2. The van der Waals surface area contributed by atoms with Crippen molar-refractivity contribution >= 4 is 23.5 Å². The molecule has 0 fully saturated rings. The van der Waals surface area contributed by atoms with Gasteiger partial charge in [-0.3, -0.25) is 4.79 Å². The van der Waals surface area contributed by atoms with Crippen LogP contribution >= 0.6 is 11.6 Å². The van der Waals surface area contributed by atoms with Crippen LogP contribution in [0.4, 0.5) is 0 Å². The van der Waals surface area contributed by atoms with Gasteiger partial charge in [0.15, 0.2) is 0 Å². The van der Waals surface area contributed by atoms with Crippen LogP contribution in [0.5, 0.6) is 11.5 Å². The molecule has 0 saturated carbocycles. The predicted octanol–water partition coefficient (Wildman–Crippen LogP) is 4.10. The SMILES string of the molecule is CCOc1ccccc1C(=O)N[C@H](C(=O)Oc1ccc(Cl)cc1)C(C)C. The molecule has 0 radical (unpaired) electrons. The Balaban J connectivity index is 2.13. The molecule has 0 aliphatic rings. The third-order valence-corrected chi connectivity index (χ3v) is 3.92. The third kappa shape index (κ3) is 5.23. The third-order valence-electron chi connectivity index (χ3n) is 3.67. The van der Waals surface area contributed by atoms with Crippen molar-refractivity contribution in [2.75, 3.05) is 6.61 Å². The summed E-state index contributed by atoms with van der Waals surface area (Å²) in [7, 11) is 0. The number of hydrogen-bond donors (Lipinski definition) is 1. The van der Waals surface area contributed by atoms with Gasteiger partial charge in [-0.15, -0.1) is 0 Å². The number of carbonyl (C=O) groups is 2. The highest BCUT2D eigenvalue weighted by Crippen LogP contribution is 2.20. The van der Waals surface area contributed by atoms with Crippen LogP contribution in [0.25, 0.3) is 0 Å². The fourth-order valence-corrected chi connectivity index (χ4v) is 2.46. The number of carbonyl (C=O) groups excluding carboxylic acids is 2. The second-order valence-corrected chi connectivity index (χ2v) is 6.44. The van der Waals surface area contributed by atoms with Gasteiger partial charge in [-0.1, -0.05) is 37.6 Å². The average Bonchev–Trinajstić information content (AvgIpc) is 2.61. The molecule has 2 aromatic carbocycles. The maximum absolute atomic E-state index is 12.6. The molecule has 0 saturated heterocycles. The minimum atomic E-state index is -0.798. The molecule has 5 nitrogen and oxygen atoms in total. The number of para-hydroxylation sites is 1. The van der Waals surface area contributed by atoms with E-state index in [1.54, 1.807) is 48.5 Å². The summed E-state index contributed by atoms with van der Waals surface area (Å²) < 4.78 is 10.8. The zero-order valence-corrected chi connectivity index (χ0v) is 15.7. The van der Waals surface area contributed by atoms with Crippen molar-refractivity contribution < 1.29 is 19.1 Å². The van der Waals surface area contributed by atoms with Crippen molar-refractivity contribution in [2.45, 2.75) is 26.8 Å². The summed E-state index contributed by atoms with van der Waals surface area (Å²) in [5.41, 5.74) is 0.374. The Bertz CT molecular complexity index is 759. The van der Waals surface area contributed by atoms with Gasteiger partial charge in [-0.05, 0) is 49.2 Å². The average molecular weight is 376 g/mol. The van der Waals surface area contributed by atoms with E-state index >= 15 is 0 Å². The number of rotatable bonds is 7. The maximum atomic E-state index is 12.6. The fraction of sp³-hybridized carbons (Fsp3) is 0.300. The highest BCUT2D eigenvalue weighted by atomic mass is 35.5. The molecule has 0 bridgehead atoms. The zero-order chi connectivity index (χ0) is 19.1. The molecule has 138 valence electrons. The van der Waals surface area contributed by atoms with E-state index in [-0.39, 0.29) is 11.8 Å². The van der Waals surface area contributed by atoms with Gasteiger partial charge in [0.1, 0.15) is 17.5 Å². The number of hydrogen-bond acceptors (Lipinski definition) is 4. The van der Waals surface area contributed by atoms with Crippen molar-refractivity contribution in [3.05, 3.63) is 59.1 Å². The molecule has 0 spiro atoms. The van der Waals surface area contributed by atoms with Gasteiger partial charge in [-0.25, -0.2) is 4.79 Å². The molecule has 1 atom stereocenters. The number of ether oxygens (including phenoxy) is 2. The monoisotopic (exact) mass is 375 g/mol. The van der Waals surface area contributed by atoms with E-state index in [9.17, 15) is 9.59 Å². The van der Waals surface area contributed by atoms with E-state index in [2.05, 4.69) is 5.32 Å². The van der Waals surface area contributed by atoms with Gasteiger partial charge < -0.3 is 14.8 Å². The van der Waals surface area contributed by atoms with Crippen LogP contribution in [-0.2, 0) is 4.79 Å². The van der Waals surface area contributed by atoms with Crippen LogP contribution in [0.3, 0.4) is 0 Å². The summed E-state index contributed by atoms with van der Waals surface area (Å²) in [6, 6.07) is 12.6. The molecule has 2 aromatic rings. The first-order chi connectivity index (χ1) is 12.4. The molecule has 26 heavy (non-hydrogen) atoms. The quantitative estimate of drug-likeness (QED) is 0.584. The van der Waals surface area contributed by atoms with E-state index in [0.717, 1.165) is 0 Å². The first kappa shape index (κ1) is 19.8. The molecule has 6 heteroatoms. The Labute approximate surface area is 158 Å². The second kappa shape index (κ2) is 9.25. The Hall–Kier alpha value is -2.53. The van der Waals surface area contributed by atoms with Crippen molar-refractivity contribution in [1.29, 1.82) is 0 Å². The number of esters is 1. The fourth-order valence-electron chi connectivity index (χ4n) is 2.33. The van der Waals surface area contributed by atoms with E-state index in [4.69, 9.17) is 21.1 Å². The minimum absolute atomic E-state index is 0.155. The molecule has 1 N–H and O–H groups in total. The van der Waals surface area contributed by atoms with Gasteiger partial charge in [0, 0.05) is 5.02 Å². The summed E-state index contributed by atoms with van der Waals surface area (Å²) in [5, 5.41) is 3.29. The number of nitrogens with one attached hydrogen (secondary N) is 1. The van der Waals surface area contributed by atoms with Gasteiger partial charge in [0.2, 0.25) is 0 Å². The Morgan fingerprint density at radius 2 is 1.73 bits per heavy atom. The van der Waals surface area contributed by atoms with Gasteiger partial charge in [-0.2, -0.15) is 0 Å². The largest absolute Gasteiger partial charge is 0.493 e. The van der Waals surface area contributed by atoms with Gasteiger partial charge in [0.25, 0.3) is 5.91 Å². The van der Waals surface area contributed by atoms with Crippen LogP contribution in [0.2, 0.25) is 5.02 Å². The second-order valence-electron chi connectivity index (χ2n) is 6.00. The van der Waals surface area contributed by atoms with Crippen molar-refractivity contribution in [3.63, 3.8) is 0 Å². The Morgan fingerprint density at radius 3 is 2.35 bits per heavy atom. The number of amides is 1. The van der Waals surface area contributed by atoms with Crippen LogP contribution in [0.15, 0.2) is 48.5 Å². The lowest BCUT2D eigenvalue weighted by molar-refractivity contribution is -0.137. The molecule has 0 unspecified atom stereocenters. The molecular formula is C20H22ClNO4. The molecule has 0 aromatic heterocycles. The number of halogens is 1. The standard InChI is InChI=1S/C20H22ClNO4/c1-4-25-17-8-6-5-7-16(17)19(23)22-18(13(2)3)20(24)26-15-11-9-14(21)10-12-15/h5-13,18H,4H2,1-3H3,(H,22,23)/t18-/m0/s1. The first-order valence-corrected chi connectivity index (χ1v) is 8.80. The smallest absolute Gasteiger partial charge is 0.334 e. The number of benzene rings is 2. The lowest BCUT2D eigenvalue weighted by Gasteiger charge is -2.21. The molecule has 0 aliphatic heterocycles. The van der Waals surface area contributed by atoms with E-state index in [1.165, 1.54) is 0 Å². The normalized spacial score (nSPS) is 11.7. The van der Waals surface area contributed by atoms with Crippen LogP contribution in [-0.4, -0.2) is 24.5 Å². The molecule has 0 aliphatic carbocycles. The maximum Gasteiger partial charge on any atom is 0.334 e. The van der Waals surface area contributed by atoms with Gasteiger partial charge in [0.05, 0.1) is 12.2 Å². The lowest BCUT2D eigenvalue weighted by Crippen LogP contribution is -2.46. The highest BCUT2D eigenvalue weighted by molar-refractivity contribution is 6.30. The Morgan fingerprint density at radius 1 is 1.08 bits per heavy atom. The van der Waals surface area contributed by atoms with Crippen molar-refractivity contribution in [2.24, 2.45) is 5.92 Å². The first-order valence-electron chi connectivity index (χ1n) is 8.42. The van der Waals surface area contributed by atoms with E-state index in [1.807, 2.05) is 20.8 Å². The van der Waals surface area contributed by atoms with Gasteiger partial charge >= 0.3 is 5.97 Å².